The van der Waals surface area contributed by atoms with Gasteiger partial charge in [-0.05, 0) is 12.1 Å². The van der Waals surface area contributed by atoms with Crippen molar-refractivity contribution in [1.82, 2.24) is 9.88 Å². The van der Waals surface area contributed by atoms with Crippen molar-refractivity contribution in [3.05, 3.63) is 24.0 Å². The molecule has 0 spiro atoms. The molecule has 1 amide bonds. The van der Waals surface area contributed by atoms with Crippen molar-refractivity contribution in [2.75, 3.05) is 26.4 Å². The van der Waals surface area contributed by atoms with Gasteiger partial charge >= 0.3 is 0 Å². The Labute approximate surface area is 103 Å². The summed E-state index contributed by atoms with van der Waals surface area (Å²) in [4.78, 5) is 11.7. The Morgan fingerprint density at radius 3 is 2.94 bits per heavy atom. The molecule has 0 aliphatic rings. The molecule has 2 N–H and O–H groups in total. The zero-order valence-electron chi connectivity index (χ0n) is 9.81. The number of hydrogen-bond donors (Lipinski definition) is 2. The predicted molar refractivity (Wildman–Crippen MR) is 60.7 cm³/mol. The van der Waals surface area contributed by atoms with Crippen LogP contribution in [0.1, 0.15) is 10.5 Å². The summed E-state index contributed by atoms with van der Waals surface area (Å²) in [5.74, 6) is -0.423. The summed E-state index contributed by atoms with van der Waals surface area (Å²) in [5.41, 5.74) is 0.192. The lowest BCUT2D eigenvalue weighted by Crippen LogP contribution is -2.29. The van der Waals surface area contributed by atoms with E-state index >= 15 is 0 Å². The maximum absolute atomic E-state index is 12.2. The fourth-order valence-corrected chi connectivity index (χ4v) is 1.42. The lowest BCUT2D eigenvalue weighted by molar-refractivity contribution is 0.0826. The number of nitrogens with zero attached hydrogens (tertiary/aromatic N) is 1. The van der Waals surface area contributed by atoms with E-state index in [0.717, 1.165) is 0 Å². The number of hydrogen-bond acceptors (Lipinski definition) is 3. The summed E-state index contributed by atoms with van der Waals surface area (Å²) >= 11 is 0. The smallest absolute Gasteiger partial charge is 0.267 e. The summed E-state index contributed by atoms with van der Waals surface area (Å²) in [6, 6.07) is 3.02. The summed E-state index contributed by atoms with van der Waals surface area (Å²) in [5, 5.41) is 11.0. The molecule has 0 aliphatic heterocycles. The topological polar surface area (TPSA) is 63.5 Å². The van der Waals surface area contributed by atoms with E-state index in [2.05, 4.69) is 5.32 Å². The third kappa shape index (κ3) is 4.80. The summed E-state index contributed by atoms with van der Waals surface area (Å²) < 4.78 is 30.6. The van der Waals surface area contributed by atoms with Crippen LogP contribution in [0.25, 0.3) is 0 Å². The van der Waals surface area contributed by atoms with Gasteiger partial charge in [0, 0.05) is 12.7 Å². The van der Waals surface area contributed by atoms with Gasteiger partial charge in [-0.15, -0.1) is 0 Å². The van der Waals surface area contributed by atoms with Crippen LogP contribution in [0.3, 0.4) is 0 Å². The number of aromatic nitrogens is 1. The molecule has 0 radical (unpaired) electrons. The van der Waals surface area contributed by atoms with Gasteiger partial charge in [-0.2, -0.15) is 0 Å². The first-order valence-electron chi connectivity index (χ1n) is 5.55. The minimum Gasteiger partial charge on any atom is -0.394 e. The number of rotatable bonds is 8. The molecule has 5 nitrogen and oxygen atoms in total. The molecular formula is C11H16F2N2O3. The fourth-order valence-electron chi connectivity index (χ4n) is 1.42. The lowest BCUT2D eigenvalue weighted by atomic mass is 10.4. The average Bonchev–Trinajstić information content (AvgIpc) is 2.76. The molecule has 18 heavy (non-hydrogen) atoms. The Morgan fingerprint density at radius 2 is 2.28 bits per heavy atom. The molecule has 0 aliphatic carbocycles. The summed E-state index contributed by atoms with van der Waals surface area (Å²) in [6.45, 7) is 0.153. The van der Waals surface area contributed by atoms with Crippen LogP contribution in [0, 0.1) is 0 Å². The van der Waals surface area contributed by atoms with Crippen molar-refractivity contribution in [3.63, 3.8) is 0 Å². The van der Waals surface area contributed by atoms with Crippen LogP contribution in [0.4, 0.5) is 8.78 Å². The molecule has 0 saturated carbocycles. The number of aliphatic hydroxyl groups excluding tert-OH is 1. The number of halogens is 2. The third-order valence-electron chi connectivity index (χ3n) is 2.16. The Bertz CT molecular complexity index is 369. The Hall–Kier alpha value is -1.47. The van der Waals surface area contributed by atoms with E-state index in [1.807, 2.05) is 0 Å². The number of amides is 1. The monoisotopic (exact) mass is 262 g/mol. The lowest BCUT2D eigenvalue weighted by Gasteiger charge is -2.09. The number of alkyl halides is 2. The van der Waals surface area contributed by atoms with Gasteiger partial charge in [-0.25, -0.2) is 8.78 Å². The second kappa shape index (κ2) is 7.78. The average molecular weight is 262 g/mol. The highest BCUT2D eigenvalue weighted by Crippen LogP contribution is 2.06. The molecule has 0 atom stereocenters. The predicted octanol–water partition coefficient (Wildman–Crippen LogP) is 0.492. The largest absolute Gasteiger partial charge is 0.394 e. The van der Waals surface area contributed by atoms with Gasteiger partial charge in [0.25, 0.3) is 12.3 Å². The quantitative estimate of drug-likeness (QED) is 0.670. The standard InChI is InChI=1S/C11H16F2N2O3/c12-10(13)8-15-4-1-2-9(15)11(17)14-3-6-18-7-5-16/h1-2,4,10,16H,3,5-8H2,(H,14,17). The van der Waals surface area contributed by atoms with Crippen LogP contribution >= 0.6 is 0 Å². The second-order valence-electron chi connectivity index (χ2n) is 3.53. The van der Waals surface area contributed by atoms with Crippen molar-refractivity contribution in [3.8, 4) is 0 Å². The number of aliphatic hydroxyl groups is 1. The van der Waals surface area contributed by atoms with Crippen LogP contribution in [0.15, 0.2) is 18.3 Å². The Morgan fingerprint density at radius 1 is 1.50 bits per heavy atom. The van der Waals surface area contributed by atoms with Gasteiger partial charge in [0.15, 0.2) is 0 Å². The van der Waals surface area contributed by atoms with Gasteiger partial charge < -0.3 is 19.7 Å². The van der Waals surface area contributed by atoms with E-state index in [1.165, 1.54) is 16.8 Å². The first-order chi connectivity index (χ1) is 8.65. The van der Waals surface area contributed by atoms with E-state index in [0.29, 0.717) is 0 Å². The van der Waals surface area contributed by atoms with Crippen LogP contribution in [0.2, 0.25) is 0 Å². The zero-order chi connectivity index (χ0) is 13.4. The van der Waals surface area contributed by atoms with Gasteiger partial charge in [0.05, 0.1) is 26.4 Å². The molecule has 1 heterocycles. The molecular weight excluding hydrogens is 246 g/mol. The number of carbonyl (C=O) groups excluding carboxylic acids is 1. The van der Waals surface area contributed by atoms with Crippen molar-refractivity contribution >= 4 is 5.91 Å². The van der Waals surface area contributed by atoms with Crippen molar-refractivity contribution in [2.24, 2.45) is 0 Å². The van der Waals surface area contributed by atoms with E-state index < -0.39 is 18.9 Å². The maximum atomic E-state index is 12.2. The first-order valence-corrected chi connectivity index (χ1v) is 5.55. The first kappa shape index (κ1) is 14.6. The second-order valence-corrected chi connectivity index (χ2v) is 3.53. The Kier molecular flexibility index (Phi) is 6.31. The van der Waals surface area contributed by atoms with Gasteiger partial charge in [-0.1, -0.05) is 0 Å². The molecule has 1 aromatic heterocycles. The van der Waals surface area contributed by atoms with Crippen molar-refractivity contribution in [2.45, 2.75) is 13.0 Å². The minimum atomic E-state index is -2.50. The van der Waals surface area contributed by atoms with Crippen LogP contribution in [-0.2, 0) is 11.3 Å². The maximum Gasteiger partial charge on any atom is 0.267 e. The highest BCUT2D eigenvalue weighted by molar-refractivity contribution is 5.92. The third-order valence-corrected chi connectivity index (χ3v) is 2.16. The minimum absolute atomic E-state index is 0.0782. The van der Waals surface area contributed by atoms with E-state index in [-0.39, 0.29) is 32.1 Å². The highest BCUT2D eigenvalue weighted by Gasteiger charge is 2.13. The molecule has 7 heteroatoms. The number of carbonyl (C=O) groups is 1. The molecule has 0 aromatic carbocycles. The summed E-state index contributed by atoms with van der Waals surface area (Å²) in [7, 11) is 0. The van der Waals surface area contributed by atoms with Gasteiger partial charge in [0.2, 0.25) is 0 Å². The van der Waals surface area contributed by atoms with Crippen LogP contribution in [0.5, 0.6) is 0 Å². The van der Waals surface area contributed by atoms with Gasteiger partial charge in [0.1, 0.15) is 5.69 Å². The highest BCUT2D eigenvalue weighted by atomic mass is 19.3. The fraction of sp³-hybridized carbons (Fsp3) is 0.545. The molecule has 1 rings (SSSR count). The normalized spacial score (nSPS) is 10.9. The number of ether oxygens (including phenoxy) is 1. The van der Waals surface area contributed by atoms with E-state index in [4.69, 9.17) is 9.84 Å². The van der Waals surface area contributed by atoms with Crippen molar-refractivity contribution in [1.29, 1.82) is 0 Å². The molecule has 0 fully saturated rings. The zero-order valence-corrected chi connectivity index (χ0v) is 9.81. The molecule has 102 valence electrons. The van der Waals surface area contributed by atoms with E-state index in [1.54, 1.807) is 6.07 Å². The van der Waals surface area contributed by atoms with E-state index in [9.17, 15) is 13.6 Å². The SMILES string of the molecule is O=C(NCCOCCO)c1cccn1CC(F)F. The van der Waals surface area contributed by atoms with Crippen LogP contribution < -0.4 is 5.32 Å². The molecule has 0 unspecified atom stereocenters. The van der Waals surface area contributed by atoms with Gasteiger partial charge in [-0.3, -0.25) is 4.79 Å². The Balaban J connectivity index is 2.39. The molecule has 0 bridgehead atoms. The molecule has 0 saturated heterocycles. The summed E-state index contributed by atoms with van der Waals surface area (Å²) in [6.07, 6.45) is -1.07. The van der Waals surface area contributed by atoms with Crippen molar-refractivity contribution < 1.29 is 23.4 Å². The number of nitrogens with one attached hydrogen (secondary N) is 1. The van der Waals surface area contributed by atoms with Crippen LogP contribution in [-0.4, -0.2) is 48.4 Å². The molecule has 1 aromatic rings.